The van der Waals surface area contributed by atoms with Gasteiger partial charge in [-0.05, 0) is 49.4 Å². The molecular weight excluding hydrogens is 428 g/mol. The molecule has 164 valence electrons. The van der Waals surface area contributed by atoms with Crippen molar-refractivity contribution in [3.8, 4) is 6.07 Å². The van der Waals surface area contributed by atoms with Crippen LogP contribution in [-0.2, 0) is 29.7 Å². The molecule has 0 aliphatic heterocycles. The Hall–Kier alpha value is -3.71. The summed E-state index contributed by atoms with van der Waals surface area (Å²) in [6, 6.07) is 5.69. The molecule has 4 heterocycles. The summed E-state index contributed by atoms with van der Waals surface area (Å²) in [6.45, 7) is 6.75. The van der Waals surface area contributed by atoms with Crippen molar-refractivity contribution in [2.75, 3.05) is 0 Å². The number of hydrogen-bond acceptors (Lipinski definition) is 7. The van der Waals surface area contributed by atoms with Gasteiger partial charge >= 0.3 is 5.97 Å². The quantitative estimate of drug-likeness (QED) is 0.254. The second-order valence-corrected chi connectivity index (χ2v) is 8.39. The van der Waals surface area contributed by atoms with Crippen LogP contribution in [0.3, 0.4) is 0 Å². The number of nitrogens with zero attached hydrogens (tertiary/aromatic N) is 6. The van der Waals surface area contributed by atoms with Crippen molar-refractivity contribution in [3.63, 3.8) is 0 Å². The monoisotopic (exact) mass is 450 g/mol. The highest BCUT2D eigenvalue weighted by Crippen LogP contribution is 2.21. The molecule has 0 aliphatic carbocycles. The topological polar surface area (TPSA) is 107 Å². The van der Waals surface area contributed by atoms with Gasteiger partial charge in [-0.25, -0.2) is 4.79 Å². The van der Waals surface area contributed by atoms with Crippen molar-refractivity contribution in [2.24, 2.45) is 7.05 Å². The number of carbonyl (C=O) groups excluding carboxylic acids is 1. The highest BCUT2D eigenvalue weighted by molar-refractivity contribution is 7.17. The fraction of sp³-hybridized carbons (Fsp3) is 0.318. The van der Waals surface area contributed by atoms with Crippen molar-refractivity contribution < 1.29 is 9.53 Å². The van der Waals surface area contributed by atoms with Gasteiger partial charge in [0.25, 0.3) is 5.56 Å². The zero-order valence-corrected chi connectivity index (χ0v) is 19.1. The molecule has 0 aliphatic rings. The smallest absolute Gasteiger partial charge is 0.349 e. The highest BCUT2D eigenvalue weighted by atomic mass is 32.1. The molecule has 9 nitrogen and oxygen atoms in total. The van der Waals surface area contributed by atoms with Crippen LogP contribution in [-0.4, -0.2) is 29.7 Å². The number of carbonyl (C=O) groups is 1. The van der Waals surface area contributed by atoms with Crippen molar-refractivity contribution >= 4 is 39.4 Å². The molecule has 4 aromatic rings. The molecule has 4 rings (SSSR count). The summed E-state index contributed by atoms with van der Waals surface area (Å²) < 4.78 is 11.2. The van der Waals surface area contributed by atoms with Gasteiger partial charge < -0.3 is 9.30 Å². The van der Waals surface area contributed by atoms with Gasteiger partial charge in [-0.1, -0.05) is 6.92 Å². The molecule has 0 aromatic carbocycles. The molecule has 0 atom stereocenters. The minimum Gasteiger partial charge on any atom is -0.453 e. The fourth-order valence-corrected chi connectivity index (χ4v) is 4.64. The number of aryl methyl sites for hydroxylation is 2. The van der Waals surface area contributed by atoms with Crippen molar-refractivity contribution in [3.05, 3.63) is 56.2 Å². The van der Waals surface area contributed by atoms with E-state index in [0.29, 0.717) is 21.8 Å². The molecule has 0 N–H and O–H groups in total. The Balaban J connectivity index is 1.62. The number of esters is 1. The van der Waals surface area contributed by atoms with E-state index in [2.05, 4.69) is 21.7 Å². The summed E-state index contributed by atoms with van der Waals surface area (Å²) >= 11 is 1.33. The number of aromatic nitrogens is 5. The van der Waals surface area contributed by atoms with Crippen molar-refractivity contribution in [1.29, 1.82) is 5.26 Å². The van der Waals surface area contributed by atoms with Gasteiger partial charge in [0.15, 0.2) is 12.4 Å². The summed E-state index contributed by atoms with van der Waals surface area (Å²) in [5, 5.41) is 19.5. The van der Waals surface area contributed by atoms with Crippen LogP contribution in [0.1, 0.15) is 36.1 Å². The minimum atomic E-state index is -0.740. The van der Waals surface area contributed by atoms with Gasteiger partial charge in [-0.15, -0.1) is 21.5 Å². The first-order chi connectivity index (χ1) is 15.4. The van der Waals surface area contributed by atoms with E-state index in [-0.39, 0.29) is 17.7 Å². The molecule has 0 saturated heterocycles. The Kier molecular flexibility index (Phi) is 5.67. The average Bonchev–Trinajstić information content (AvgIpc) is 3.48. The molecule has 32 heavy (non-hydrogen) atoms. The first kappa shape index (κ1) is 21.5. The average molecular weight is 451 g/mol. The number of fused-ring (bicyclic) bond motifs is 3. The van der Waals surface area contributed by atoms with Crippen LogP contribution in [0.15, 0.2) is 27.9 Å². The van der Waals surface area contributed by atoms with Crippen LogP contribution in [0.5, 0.6) is 0 Å². The van der Waals surface area contributed by atoms with Gasteiger partial charge in [0.1, 0.15) is 16.3 Å². The zero-order valence-electron chi connectivity index (χ0n) is 18.2. The lowest BCUT2D eigenvalue weighted by Gasteiger charge is -2.07. The third kappa shape index (κ3) is 3.50. The minimum absolute atomic E-state index is 0.0938. The van der Waals surface area contributed by atoms with Gasteiger partial charge in [-0.2, -0.15) is 5.26 Å². The Morgan fingerprint density at radius 1 is 1.34 bits per heavy atom. The summed E-state index contributed by atoms with van der Waals surface area (Å²) in [5.74, 6) is -0.0203. The van der Waals surface area contributed by atoms with Gasteiger partial charge in [0, 0.05) is 25.0 Å². The van der Waals surface area contributed by atoms with Crippen molar-refractivity contribution in [2.45, 2.75) is 40.3 Å². The molecule has 10 heteroatoms. The number of thiophene rings is 1. The Bertz CT molecular complexity index is 1480. The Morgan fingerprint density at radius 2 is 2.12 bits per heavy atom. The second-order valence-electron chi connectivity index (χ2n) is 7.47. The standard InChI is InChI=1S/C22H22N6O3S/c1-5-7-27-13(2)9-15(14(27)3)10-16(11-23)21(30)31-12-18-24-25-22-26(4)20(29)19-17(28(18)22)6-8-32-19/h6,8-10H,5,7,12H2,1-4H3. The summed E-state index contributed by atoms with van der Waals surface area (Å²) in [7, 11) is 1.62. The number of nitriles is 1. The summed E-state index contributed by atoms with van der Waals surface area (Å²) in [6.07, 6.45) is 2.54. The highest BCUT2D eigenvalue weighted by Gasteiger charge is 2.19. The van der Waals surface area contributed by atoms with Gasteiger partial charge in [0.05, 0.1) is 5.52 Å². The molecule has 4 aromatic heterocycles. The third-order valence-corrected chi connectivity index (χ3v) is 6.32. The largest absolute Gasteiger partial charge is 0.453 e. The predicted molar refractivity (Wildman–Crippen MR) is 121 cm³/mol. The summed E-state index contributed by atoms with van der Waals surface area (Å²) in [5.41, 5.74) is 3.28. The van der Waals surface area contributed by atoms with Crippen LogP contribution in [0.2, 0.25) is 0 Å². The van der Waals surface area contributed by atoms with E-state index in [0.717, 1.165) is 29.9 Å². The second kappa shape index (κ2) is 8.43. The van der Waals surface area contributed by atoms with E-state index in [4.69, 9.17) is 4.74 Å². The number of hydrogen-bond donors (Lipinski definition) is 0. The van der Waals surface area contributed by atoms with E-state index in [1.807, 2.05) is 31.4 Å². The van der Waals surface area contributed by atoms with Gasteiger partial charge in [0.2, 0.25) is 5.78 Å². The lowest BCUT2D eigenvalue weighted by molar-refractivity contribution is -0.139. The Morgan fingerprint density at radius 3 is 2.84 bits per heavy atom. The normalized spacial score (nSPS) is 11.9. The lowest BCUT2D eigenvalue weighted by Crippen LogP contribution is -2.19. The van der Waals surface area contributed by atoms with E-state index in [1.165, 1.54) is 15.9 Å². The molecule has 0 unspecified atom stereocenters. The molecule has 0 radical (unpaired) electrons. The molecule has 0 fully saturated rings. The lowest BCUT2D eigenvalue weighted by atomic mass is 10.1. The molecule has 0 bridgehead atoms. The van der Waals surface area contributed by atoms with Gasteiger partial charge in [-0.3, -0.25) is 13.8 Å². The maximum Gasteiger partial charge on any atom is 0.349 e. The molecule has 0 saturated carbocycles. The van der Waals surface area contributed by atoms with Crippen molar-refractivity contribution in [1.82, 2.24) is 23.7 Å². The Labute approximate surface area is 187 Å². The predicted octanol–water partition coefficient (Wildman–Crippen LogP) is 3.12. The van der Waals surface area contributed by atoms with Crippen LogP contribution >= 0.6 is 11.3 Å². The maximum absolute atomic E-state index is 12.6. The van der Waals surface area contributed by atoms with Crippen LogP contribution in [0.25, 0.3) is 22.1 Å². The van der Waals surface area contributed by atoms with E-state index < -0.39 is 5.97 Å². The van der Waals surface area contributed by atoms with Crippen LogP contribution in [0, 0.1) is 25.2 Å². The number of ether oxygens (including phenoxy) is 1. The third-order valence-electron chi connectivity index (χ3n) is 5.43. The fourth-order valence-electron chi connectivity index (χ4n) is 3.79. The zero-order chi connectivity index (χ0) is 23.0. The maximum atomic E-state index is 12.6. The van der Waals surface area contributed by atoms with E-state index in [1.54, 1.807) is 23.6 Å². The van der Waals surface area contributed by atoms with E-state index in [9.17, 15) is 14.9 Å². The first-order valence-electron chi connectivity index (χ1n) is 10.1. The van der Waals surface area contributed by atoms with Crippen LogP contribution in [0.4, 0.5) is 0 Å². The van der Waals surface area contributed by atoms with E-state index >= 15 is 0 Å². The SMILES string of the molecule is CCCn1c(C)cc(C=C(C#N)C(=O)OCc2nnc3n(C)c(=O)c4sccc4n23)c1C. The first-order valence-corrected chi connectivity index (χ1v) is 11.0. The number of rotatable bonds is 6. The summed E-state index contributed by atoms with van der Waals surface area (Å²) in [4.78, 5) is 25.1. The molecular formula is C22H22N6O3S. The molecule has 0 amide bonds. The van der Waals surface area contributed by atoms with Crippen LogP contribution < -0.4 is 5.56 Å². The molecule has 0 spiro atoms.